The molecule has 0 atom stereocenters. The number of nitrogens with zero attached hydrogens (tertiary/aromatic N) is 3. The quantitative estimate of drug-likeness (QED) is 0.754. The number of aromatic nitrogens is 2. The van der Waals surface area contributed by atoms with Crippen LogP contribution in [0.25, 0.3) is 0 Å². The first-order chi connectivity index (χ1) is 7.69. The number of hydrogen-bond donors (Lipinski definition) is 1. The third-order valence-electron chi connectivity index (χ3n) is 2.15. The largest absolute Gasteiger partial charge is 0.395 e. The number of aryl methyl sites for hydroxylation is 1. The second-order valence-corrected chi connectivity index (χ2v) is 3.69. The van der Waals surface area contributed by atoms with Crippen molar-refractivity contribution in [3.8, 4) is 0 Å². The lowest BCUT2D eigenvalue weighted by atomic mass is 10.3. The first-order valence-electron chi connectivity index (χ1n) is 5.03. The molecular weight excluding hydrogens is 230 g/mol. The monoisotopic (exact) mass is 245 g/mol. The van der Waals surface area contributed by atoms with Gasteiger partial charge in [0.15, 0.2) is 0 Å². The molecule has 0 amide bonds. The minimum Gasteiger partial charge on any atom is -0.395 e. The van der Waals surface area contributed by atoms with Gasteiger partial charge in [0.05, 0.1) is 13.2 Å². The van der Waals surface area contributed by atoms with Crippen molar-refractivity contribution < 1.29 is 9.84 Å². The Labute approximate surface area is 100 Å². The van der Waals surface area contributed by atoms with Gasteiger partial charge in [0.1, 0.15) is 5.82 Å². The van der Waals surface area contributed by atoms with Crippen LogP contribution in [0.15, 0.2) is 6.20 Å². The Morgan fingerprint density at radius 3 is 2.88 bits per heavy atom. The van der Waals surface area contributed by atoms with E-state index in [2.05, 4.69) is 9.97 Å². The van der Waals surface area contributed by atoms with Gasteiger partial charge in [0.2, 0.25) is 5.28 Å². The second kappa shape index (κ2) is 6.62. The fraction of sp³-hybridized carbons (Fsp3) is 0.600. The van der Waals surface area contributed by atoms with Crippen molar-refractivity contribution in [2.75, 3.05) is 38.3 Å². The number of anilines is 1. The zero-order valence-corrected chi connectivity index (χ0v) is 10.2. The molecule has 1 rings (SSSR count). The number of rotatable bonds is 6. The maximum Gasteiger partial charge on any atom is 0.224 e. The molecule has 1 N–H and O–H groups in total. The van der Waals surface area contributed by atoms with Gasteiger partial charge in [-0.15, -0.1) is 0 Å². The van der Waals surface area contributed by atoms with Gasteiger partial charge in [0, 0.05) is 32.0 Å². The molecule has 0 fully saturated rings. The first kappa shape index (κ1) is 13.2. The molecule has 6 heteroatoms. The molecule has 1 heterocycles. The van der Waals surface area contributed by atoms with Crippen molar-refractivity contribution >= 4 is 17.4 Å². The molecule has 0 saturated carbocycles. The predicted octanol–water partition coefficient (Wildman–Crippen LogP) is 0.884. The lowest BCUT2D eigenvalue weighted by Crippen LogP contribution is -2.31. The molecule has 0 radical (unpaired) electrons. The van der Waals surface area contributed by atoms with Crippen molar-refractivity contribution in [1.29, 1.82) is 0 Å². The van der Waals surface area contributed by atoms with Crippen LogP contribution >= 0.6 is 11.6 Å². The molecule has 1 aromatic rings. The maximum absolute atomic E-state index is 9.00. The summed E-state index contributed by atoms with van der Waals surface area (Å²) < 4.78 is 5.01. The van der Waals surface area contributed by atoms with Crippen LogP contribution < -0.4 is 4.90 Å². The van der Waals surface area contributed by atoms with E-state index in [1.54, 1.807) is 13.3 Å². The third-order valence-corrected chi connectivity index (χ3v) is 2.33. The summed E-state index contributed by atoms with van der Waals surface area (Å²) in [7, 11) is 1.64. The number of hydrogen-bond acceptors (Lipinski definition) is 5. The summed E-state index contributed by atoms with van der Waals surface area (Å²) in [5, 5.41) is 9.21. The highest BCUT2D eigenvalue weighted by Gasteiger charge is 2.11. The molecule has 0 unspecified atom stereocenters. The van der Waals surface area contributed by atoms with E-state index in [9.17, 15) is 0 Å². The molecule has 0 aliphatic rings. The summed E-state index contributed by atoms with van der Waals surface area (Å²) in [4.78, 5) is 9.98. The van der Waals surface area contributed by atoms with E-state index in [-0.39, 0.29) is 11.9 Å². The topological polar surface area (TPSA) is 58.5 Å². The van der Waals surface area contributed by atoms with Crippen molar-refractivity contribution in [3.63, 3.8) is 0 Å². The minimum absolute atomic E-state index is 0.0603. The van der Waals surface area contributed by atoms with E-state index in [0.29, 0.717) is 19.7 Å². The molecule has 0 aromatic carbocycles. The summed E-state index contributed by atoms with van der Waals surface area (Å²) in [6, 6.07) is 0. The van der Waals surface area contributed by atoms with Gasteiger partial charge in [-0.2, -0.15) is 0 Å². The Morgan fingerprint density at radius 2 is 2.25 bits per heavy atom. The average molecular weight is 246 g/mol. The zero-order valence-electron chi connectivity index (χ0n) is 9.48. The smallest absolute Gasteiger partial charge is 0.224 e. The lowest BCUT2D eigenvalue weighted by Gasteiger charge is -2.23. The van der Waals surface area contributed by atoms with Gasteiger partial charge < -0.3 is 14.7 Å². The number of aliphatic hydroxyl groups excluding tert-OH is 1. The summed E-state index contributed by atoms with van der Waals surface area (Å²) in [6.07, 6.45) is 1.67. The van der Waals surface area contributed by atoms with Crippen LogP contribution in [0, 0.1) is 6.92 Å². The summed E-state index contributed by atoms with van der Waals surface area (Å²) >= 11 is 5.75. The molecule has 0 aliphatic heterocycles. The van der Waals surface area contributed by atoms with Gasteiger partial charge >= 0.3 is 0 Å². The number of ether oxygens (including phenoxy) is 1. The number of methoxy groups -OCH3 is 1. The Balaban J connectivity index is 2.85. The average Bonchev–Trinajstić information content (AvgIpc) is 2.28. The van der Waals surface area contributed by atoms with Crippen molar-refractivity contribution in [3.05, 3.63) is 17.0 Å². The molecule has 1 aromatic heterocycles. The fourth-order valence-corrected chi connectivity index (χ4v) is 1.51. The highest BCUT2D eigenvalue weighted by atomic mass is 35.5. The summed E-state index contributed by atoms with van der Waals surface area (Å²) in [5.74, 6) is 0.742. The van der Waals surface area contributed by atoms with E-state index in [0.717, 1.165) is 11.4 Å². The van der Waals surface area contributed by atoms with E-state index < -0.39 is 0 Å². The van der Waals surface area contributed by atoms with Crippen molar-refractivity contribution in [1.82, 2.24) is 9.97 Å². The van der Waals surface area contributed by atoms with Gasteiger partial charge in [-0.3, -0.25) is 0 Å². The Kier molecular flexibility index (Phi) is 5.45. The van der Waals surface area contributed by atoms with E-state index in [1.807, 2.05) is 11.8 Å². The van der Waals surface area contributed by atoms with Gasteiger partial charge in [-0.05, 0) is 18.5 Å². The zero-order chi connectivity index (χ0) is 12.0. The van der Waals surface area contributed by atoms with Crippen LogP contribution in [0.3, 0.4) is 0 Å². The Hall–Kier alpha value is -0.910. The Morgan fingerprint density at radius 1 is 1.50 bits per heavy atom. The molecule has 0 bridgehead atoms. The molecule has 0 aliphatic carbocycles. The molecule has 90 valence electrons. The standard InChI is InChI=1S/C10H16ClN3O2/c1-8-7-12-10(11)13-9(8)14(3-5-15)4-6-16-2/h7,15H,3-6H2,1-2H3. The van der Waals surface area contributed by atoms with Crippen LogP contribution in [-0.4, -0.2) is 48.5 Å². The van der Waals surface area contributed by atoms with Crippen LogP contribution in [0.4, 0.5) is 5.82 Å². The van der Waals surface area contributed by atoms with Crippen LogP contribution in [0.1, 0.15) is 5.56 Å². The lowest BCUT2D eigenvalue weighted by molar-refractivity contribution is 0.202. The highest BCUT2D eigenvalue weighted by Crippen LogP contribution is 2.17. The van der Waals surface area contributed by atoms with Gasteiger partial charge in [-0.1, -0.05) is 0 Å². The molecular formula is C10H16ClN3O2. The number of halogens is 1. The molecule has 5 nitrogen and oxygen atoms in total. The van der Waals surface area contributed by atoms with Crippen LogP contribution in [-0.2, 0) is 4.74 Å². The van der Waals surface area contributed by atoms with Crippen LogP contribution in [0.2, 0.25) is 5.28 Å². The van der Waals surface area contributed by atoms with Crippen LogP contribution in [0.5, 0.6) is 0 Å². The van der Waals surface area contributed by atoms with E-state index >= 15 is 0 Å². The first-order valence-corrected chi connectivity index (χ1v) is 5.40. The van der Waals surface area contributed by atoms with Crippen molar-refractivity contribution in [2.24, 2.45) is 0 Å². The second-order valence-electron chi connectivity index (χ2n) is 3.35. The third kappa shape index (κ3) is 3.59. The van der Waals surface area contributed by atoms with Gasteiger partial charge in [0.25, 0.3) is 0 Å². The van der Waals surface area contributed by atoms with Gasteiger partial charge in [-0.25, -0.2) is 9.97 Å². The number of aliphatic hydroxyl groups is 1. The molecule has 16 heavy (non-hydrogen) atoms. The van der Waals surface area contributed by atoms with E-state index in [1.165, 1.54) is 0 Å². The Bertz CT molecular complexity index is 336. The molecule has 0 saturated heterocycles. The molecule has 0 spiro atoms. The van der Waals surface area contributed by atoms with Crippen molar-refractivity contribution in [2.45, 2.75) is 6.92 Å². The fourth-order valence-electron chi connectivity index (χ4n) is 1.38. The maximum atomic E-state index is 9.00. The minimum atomic E-state index is 0.0603. The highest BCUT2D eigenvalue weighted by molar-refractivity contribution is 6.28. The SMILES string of the molecule is COCCN(CCO)c1nc(Cl)ncc1C. The predicted molar refractivity (Wildman–Crippen MR) is 63.0 cm³/mol. The van der Waals surface area contributed by atoms with E-state index in [4.69, 9.17) is 21.4 Å². The summed E-state index contributed by atoms with van der Waals surface area (Å²) in [5.41, 5.74) is 0.925. The normalized spacial score (nSPS) is 10.5. The summed E-state index contributed by atoms with van der Waals surface area (Å²) in [6.45, 7) is 3.69.